The molecule has 0 spiro atoms. The minimum Gasteiger partial charge on any atom is -0.497 e. The summed E-state index contributed by atoms with van der Waals surface area (Å²) in [7, 11) is 1.68. The average molecular weight is 408 g/mol. The molecule has 2 heterocycles. The fraction of sp³-hybridized carbons (Fsp3) is 0.364. The number of non-ortho nitro benzene ring substituents is 1. The third kappa shape index (κ3) is 4.83. The number of hydrogen-bond donors (Lipinski definition) is 0. The van der Waals surface area contributed by atoms with Crippen molar-refractivity contribution in [2.45, 2.75) is 25.8 Å². The van der Waals surface area contributed by atoms with Gasteiger partial charge in [0.1, 0.15) is 5.75 Å². The van der Waals surface area contributed by atoms with Gasteiger partial charge in [-0.3, -0.25) is 15.0 Å². The zero-order valence-electron chi connectivity index (χ0n) is 16.9. The van der Waals surface area contributed by atoms with Gasteiger partial charge in [-0.05, 0) is 68.1 Å². The van der Waals surface area contributed by atoms with Gasteiger partial charge in [-0.25, -0.2) is 0 Å². The molecule has 8 nitrogen and oxygen atoms in total. The molecular formula is C22H24N4O4. The summed E-state index contributed by atoms with van der Waals surface area (Å²) in [5.41, 5.74) is 2.09. The molecular weight excluding hydrogens is 384 g/mol. The molecule has 0 saturated carbocycles. The van der Waals surface area contributed by atoms with E-state index < -0.39 is 4.92 Å². The lowest BCUT2D eigenvalue weighted by atomic mass is 9.90. The fourth-order valence-corrected chi connectivity index (χ4v) is 3.80. The number of likely N-dealkylation sites (tertiary alicyclic amines) is 1. The molecule has 0 unspecified atom stereocenters. The monoisotopic (exact) mass is 408 g/mol. The van der Waals surface area contributed by atoms with E-state index in [1.165, 1.54) is 17.7 Å². The van der Waals surface area contributed by atoms with E-state index in [1.807, 2.05) is 12.1 Å². The van der Waals surface area contributed by atoms with E-state index in [1.54, 1.807) is 19.2 Å². The van der Waals surface area contributed by atoms with Gasteiger partial charge in [0, 0.05) is 17.7 Å². The number of nitrogens with zero attached hydrogens (tertiary/aromatic N) is 4. The largest absolute Gasteiger partial charge is 0.497 e. The van der Waals surface area contributed by atoms with Gasteiger partial charge in [0.15, 0.2) is 0 Å². The van der Waals surface area contributed by atoms with Crippen molar-refractivity contribution in [1.82, 2.24) is 15.0 Å². The maximum absolute atomic E-state index is 10.8. The molecule has 0 aliphatic carbocycles. The van der Waals surface area contributed by atoms with Gasteiger partial charge in [0.05, 0.1) is 18.6 Å². The van der Waals surface area contributed by atoms with Crippen molar-refractivity contribution in [3.8, 4) is 17.1 Å². The molecule has 1 fully saturated rings. The van der Waals surface area contributed by atoms with Crippen molar-refractivity contribution in [3.05, 3.63) is 70.1 Å². The second kappa shape index (κ2) is 9.04. The lowest BCUT2D eigenvalue weighted by molar-refractivity contribution is -0.384. The number of methoxy groups -OCH3 is 1. The summed E-state index contributed by atoms with van der Waals surface area (Å²) in [5.74, 6) is 2.58. The van der Waals surface area contributed by atoms with Gasteiger partial charge in [-0.15, -0.1) is 0 Å². The lowest BCUT2D eigenvalue weighted by Crippen LogP contribution is -2.33. The second-order valence-corrected chi connectivity index (χ2v) is 7.59. The first-order chi connectivity index (χ1) is 14.6. The van der Waals surface area contributed by atoms with Gasteiger partial charge in [-0.2, -0.15) is 4.98 Å². The summed E-state index contributed by atoms with van der Waals surface area (Å²) in [6, 6.07) is 14.5. The molecule has 0 bridgehead atoms. The number of ether oxygens (including phenoxy) is 1. The minimum atomic E-state index is -0.427. The van der Waals surface area contributed by atoms with E-state index in [4.69, 9.17) is 9.26 Å². The van der Waals surface area contributed by atoms with E-state index in [9.17, 15) is 10.1 Å². The van der Waals surface area contributed by atoms with Crippen LogP contribution in [0.15, 0.2) is 53.1 Å². The Morgan fingerprint density at radius 3 is 2.47 bits per heavy atom. The SMILES string of the molecule is COc1ccc(CC2CCN(Cc3nc(-c4ccc([N+](=O)[O-])cc4)no3)CC2)cc1. The van der Waals surface area contributed by atoms with Crippen LogP contribution >= 0.6 is 0 Å². The van der Waals surface area contributed by atoms with Crippen LogP contribution in [0.3, 0.4) is 0 Å². The topological polar surface area (TPSA) is 94.5 Å². The van der Waals surface area contributed by atoms with Gasteiger partial charge < -0.3 is 9.26 Å². The highest BCUT2D eigenvalue weighted by Crippen LogP contribution is 2.25. The van der Waals surface area contributed by atoms with Crippen LogP contribution in [0.4, 0.5) is 5.69 Å². The quantitative estimate of drug-likeness (QED) is 0.429. The highest BCUT2D eigenvalue weighted by molar-refractivity contribution is 5.56. The highest BCUT2D eigenvalue weighted by Gasteiger charge is 2.21. The molecule has 156 valence electrons. The molecule has 30 heavy (non-hydrogen) atoms. The van der Waals surface area contributed by atoms with Gasteiger partial charge in [-0.1, -0.05) is 17.3 Å². The zero-order valence-corrected chi connectivity index (χ0v) is 16.9. The Balaban J connectivity index is 1.28. The van der Waals surface area contributed by atoms with E-state index in [-0.39, 0.29) is 5.69 Å². The summed E-state index contributed by atoms with van der Waals surface area (Å²) in [6.07, 6.45) is 3.35. The maximum Gasteiger partial charge on any atom is 0.269 e. The Morgan fingerprint density at radius 1 is 1.13 bits per heavy atom. The second-order valence-electron chi connectivity index (χ2n) is 7.59. The Kier molecular flexibility index (Phi) is 6.04. The summed E-state index contributed by atoms with van der Waals surface area (Å²) in [5, 5.41) is 14.8. The summed E-state index contributed by atoms with van der Waals surface area (Å²) >= 11 is 0. The van der Waals surface area contributed by atoms with Gasteiger partial charge >= 0.3 is 0 Å². The van der Waals surface area contributed by atoms with Crippen LogP contribution in [-0.2, 0) is 13.0 Å². The number of hydrogen-bond acceptors (Lipinski definition) is 7. The van der Waals surface area contributed by atoms with E-state index in [2.05, 4.69) is 27.2 Å². The van der Waals surface area contributed by atoms with Crippen molar-refractivity contribution in [3.63, 3.8) is 0 Å². The number of nitro benzene ring substituents is 1. The normalized spacial score (nSPS) is 15.2. The minimum absolute atomic E-state index is 0.0416. The van der Waals surface area contributed by atoms with Crippen LogP contribution in [0.5, 0.6) is 5.75 Å². The molecule has 1 aliphatic heterocycles. The molecule has 4 rings (SSSR count). The molecule has 1 aromatic heterocycles. The molecule has 0 N–H and O–H groups in total. The number of piperidine rings is 1. The Hall–Kier alpha value is -3.26. The molecule has 8 heteroatoms. The Morgan fingerprint density at radius 2 is 1.83 bits per heavy atom. The average Bonchev–Trinajstić information content (AvgIpc) is 3.24. The van der Waals surface area contributed by atoms with Crippen LogP contribution in [-0.4, -0.2) is 40.2 Å². The first-order valence-corrected chi connectivity index (χ1v) is 10.0. The standard InChI is InChI=1S/C22H24N4O4/c1-29-20-8-2-16(3-9-20)14-17-10-12-25(13-11-17)15-21-23-22(24-30-21)18-4-6-19(7-5-18)26(27)28/h2-9,17H,10-15H2,1H3. The third-order valence-electron chi connectivity index (χ3n) is 5.55. The van der Waals surface area contributed by atoms with E-state index >= 15 is 0 Å². The van der Waals surface area contributed by atoms with Crippen molar-refractivity contribution in [2.75, 3.05) is 20.2 Å². The van der Waals surface area contributed by atoms with Crippen LogP contribution < -0.4 is 4.74 Å². The number of rotatable bonds is 7. The molecule has 1 aliphatic rings. The Bertz CT molecular complexity index is 977. The Labute approximate surface area is 174 Å². The first-order valence-electron chi connectivity index (χ1n) is 10.0. The van der Waals surface area contributed by atoms with Gasteiger partial charge in [0.25, 0.3) is 5.69 Å². The van der Waals surface area contributed by atoms with Crippen molar-refractivity contribution < 1.29 is 14.2 Å². The molecule has 0 amide bonds. The predicted molar refractivity (Wildman–Crippen MR) is 111 cm³/mol. The van der Waals surface area contributed by atoms with Crippen LogP contribution in [0.1, 0.15) is 24.3 Å². The smallest absolute Gasteiger partial charge is 0.269 e. The molecule has 0 atom stereocenters. The third-order valence-corrected chi connectivity index (χ3v) is 5.55. The van der Waals surface area contributed by atoms with Crippen LogP contribution in [0.25, 0.3) is 11.4 Å². The van der Waals surface area contributed by atoms with E-state index in [0.717, 1.165) is 38.1 Å². The molecule has 2 aromatic carbocycles. The first kappa shape index (κ1) is 20.0. The lowest BCUT2D eigenvalue weighted by Gasteiger charge is -2.31. The van der Waals surface area contributed by atoms with Crippen LogP contribution in [0.2, 0.25) is 0 Å². The van der Waals surface area contributed by atoms with Crippen molar-refractivity contribution >= 4 is 5.69 Å². The van der Waals surface area contributed by atoms with Gasteiger partial charge in [0.2, 0.25) is 11.7 Å². The van der Waals surface area contributed by atoms with Crippen molar-refractivity contribution in [1.29, 1.82) is 0 Å². The van der Waals surface area contributed by atoms with Crippen molar-refractivity contribution in [2.24, 2.45) is 5.92 Å². The summed E-state index contributed by atoms with van der Waals surface area (Å²) in [6.45, 7) is 2.61. The summed E-state index contributed by atoms with van der Waals surface area (Å²) < 4.78 is 10.6. The maximum atomic E-state index is 10.8. The van der Waals surface area contributed by atoms with E-state index in [0.29, 0.717) is 29.7 Å². The molecule has 3 aromatic rings. The fourth-order valence-electron chi connectivity index (χ4n) is 3.80. The van der Waals surface area contributed by atoms with Crippen LogP contribution in [0, 0.1) is 16.0 Å². The highest BCUT2D eigenvalue weighted by atomic mass is 16.6. The predicted octanol–water partition coefficient (Wildman–Crippen LogP) is 4.11. The molecule has 1 saturated heterocycles. The molecule has 0 radical (unpaired) electrons. The number of benzene rings is 2. The summed E-state index contributed by atoms with van der Waals surface area (Å²) in [4.78, 5) is 17.1. The number of aromatic nitrogens is 2. The zero-order chi connectivity index (χ0) is 20.9. The number of nitro groups is 1.